The summed E-state index contributed by atoms with van der Waals surface area (Å²) in [5.41, 5.74) is 1.68. The molecule has 7 heteroatoms. The van der Waals surface area contributed by atoms with Gasteiger partial charge < -0.3 is 15.0 Å². The first kappa shape index (κ1) is 27.6. The molecule has 2 amide bonds. The van der Waals surface area contributed by atoms with Gasteiger partial charge in [0.15, 0.2) is 5.78 Å². The number of hydrogen-bond donors (Lipinski definition) is 1. The summed E-state index contributed by atoms with van der Waals surface area (Å²) in [4.78, 5) is 43.7. The Morgan fingerprint density at radius 2 is 1.58 bits per heavy atom. The molecule has 7 nitrogen and oxygen atoms in total. The average molecular weight is 494 g/mol. The van der Waals surface area contributed by atoms with Gasteiger partial charge in [-0.15, -0.1) is 0 Å². The largest absolute Gasteiger partial charge is 0.379 e. The van der Waals surface area contributed by atoms with Crippen LogP contribution in [-0.4, -0.2) is 79.4 Å². The van der Waals surface area contributed by atoms with Gasteiger partial charge in [0.2, 0.25) is 11.8 Å². The Labute approximate surface area is 214 Å². The summed E-state index contributed by atoms with van der Waals surface area (Å²) in [7, 11) is 1.68. The van der Waals surface area contributed by atoms with Crippen LogP contribution in [0.25, 0.3) is 0 Å². The molecule has 0 saturated carbocycles. The van der Waals surface area contributed by atoms with E-state index in [1.54, 1.807) is 24.1 Å². The molecule has 0 radical (unpaired) electrons. The van der Waals surface area contributed by atoms with Crippen molar-refractivity contribution in [2.24, 2.45) is 5.92 Å². The molecule has 0 unspecified atom stereocenters. The molecule has 1 heterocycles. The van der Waals surface area contributed by atoms with Gasteiger partial charge in [-0.2, -0.15) is 0 Å². The van der Waals surface area contributed by atoms with Crippen molar-refractivity contribution in [2.75, 3.05) is 39.9 Å². The Balaban J connectivity index is 1.76. The molecule has 2 aromatic rings. The van der Waals surface area contributed by atoms with Gasteiger partial charge >= 0.3 is 0 Å². The fraction of sp³-hybridized carbons (Fsp3) is 0.483. The molecule has 194 valence electrons. The highest BCUT2D eigenvalue weighted by atomic mass is 16.5. The predicted molar refractivity (Wildman–Crippen MR) is 141 cm³/mol. The Morgan fingerprint density at radius 1 is 0.972 bits per heavy atom. The van der Waals surface area contributed by atoms with Crippen molar-refractivity contribution in [1.29, 1.82) is 0 Å². The van der Waals surface area contributed by atoms with E-state index in [2.05, 4.69) is 5.32 Å². The molecule has 1 fully saturated rings. The van der Waals surface area contributed by atoms with Gasteiger partial charge in [-0.25, -0.2) is 0 Å². The number of ketones is 1. The fourth-order valence-electron chi connectivity index (χ4n) is 4.50. The molecule has 0 aliphatic carbocycles. The minimum atomic E-state index is -0.720. The zero-order valence-electron chi connectivity index (χ0n) is 21.7. The number of nitrogens with one attached hydrogen (secondary N) is 1. The lowest BCUT2D eigenvalue weighted by Crippen LogP contribution is -2.54. The van der Waals surface area contributed by atoms with Crippen LogP contribution in [-0.2, 0) is 20.7 Å². The molecular formula is C29H39N3O4. The molecule has 0 aromatic heterocycles. The second kappa shape index (κ2) is 13.9. The minimum absolute atomic E-state index is 0.0818. The Bertz CT molecular complexity index is 975. The number of nitrogens with zero attached hydrogens (tertiary/aromatic N) is 2. The molecule has 1 aliphatic heterocycles. The monoisotopic (exact) mass is 493 g/mol. The van der Waals surface area contributed by atoms with Gasteiger partial charge in [0, 0.05) is 25.7 Å². The summed E-state index contributed by atoms with van der Waals surface area (Å²) < 4.78 is 5.37. The van der Waals surface area contributed by atoms with Crippen molar-refractivity contribution in [3.63, 3.8) is 0 Å². The van der Waals surface area contributed by atoms with Crippen LogP contribution < -0.4 is 5.32 Å². The van der Waals surface area contributed by atoms with E-state index in [0.29, 0.717) is 51.1 Å². The topological polar surface area (TPSA) is 79.0 Å². The van der Waals surface area contributed by atoms with E-state index in [1.807, 2.05) is 67.3 Å². The number of amides is 2. The molecule has 2 atom stereocenters. The van der Waals surface area contributed by atoms with Gasteiger partial charge in [-0.3, -0.25) is 19.3 Å². The van der Waals surface area contributed by atoms with Crippen molar-refractivity contribution >= 4 is 17.6 Å². The number of carbonyl (C=O) groups excluding carboxylic acids is 3. The number of hydrogen-bond acceptors (Lipinski definition) is 5. The van der Waals surface area contributed by atoms with E-state index >= 15 is 0 Å². The van der Waals surface area contributed by atoms with E-state index in [9.17, 15) is 14.4 Å². The molecule has 1 aliphatic rings. The average Bonchev–Trinajstić information content (AvgIpc) is 2.90. The number of carbonyl (C=O) groups is 3. The highest BCUT2D eigenvalue weighted by molar-refractivity contribution is 6.02. The first-order chi connectivity index (χ1) is 17.3. The Kier molecular flexibility index (Phi) is 10.6. The van der Waals surface area contributed by atoms with Crippen LogP contribution in [0.3, 0.4) is 0 Å². The zero-order chi connectivity index (χ0) is 25.9. The maximum atomic E-state index is 13.8. The predicted octanol–water partition coefficient (Wildman–Crippen LogP) is 3.19. The van der Waals surface area contributed by atoms with Crippen LogP contribution in [0.5, 0.6) is 0 Å². The molecular weight excluding hydrogens is 454 g/mol. The Morgan fingerprint density at radius 3 is 2.19 bits per heavy atom. The van der Waals surface area contributed by atoms with E-state index < -0.39 is 12.1 Å². The summed E-state index contributed by atoms with van der Waals surface area (Å²) in [5.74, 6) is -0.291. The maximum absolute atomic E-state index is 13.8. The highest BCUT2D eigenvalue weighted by Gasteiger charge is 2.33. The third kappa shape index (κ3) is 8.28. The van der Waals surface area contributed by atoms with Crippen molar-refractivity contribution in [3.8, 4) is 0 Å². The molecule has 3 rings (SSSR count). The lowest BCUT2D eigenvalue weighted by Gasteiger charge is -2.32. The van der Waals surface area contributed by atoms with Crippen LogP contribution >= 0.6 is 0 Å². The van der Waals surface area contributed by atoms with Gasteiger partial charge in [-0.05, 0) is 30.7 Å². The quantitative estimate of drug-likeness (QED) is 0.460. The second-order valence-electron chi connectivity index (χ2n) is 9.86. The van der Waals surface area contributed by atoms with Crippen molar-refractivity contribution in [1.82, 2.24) is 15.1 Å². The first-order valence-corrected chi connectivity index (χ1v) is 12.8. The molecule has 0 bridgehead atoms. The first-order valence-electron chi connectivity index (χ1n) is 12.8. The number of aryl methyl sites for hydroxylation is 1. The van der Waals surface area contributed by atoms with Crippen molar-refractivity contribution in [3.05, 3.63) is 71.8 Å². The summed E-state index contributed by atoms with van der Waals surface area (Å²) in [6.45, 7) is 6.90. The van der Waals surface area contributed by atoms with Gasteiger partial charge in [0.25, 0.3) is 0 Å². The standard InChI is InChI=1S/C29H39N3O4/c1-22(2)20-26(28(34)24-12-8-5-9-13-24)31(3)29(35)25(15-14-23-10-6-4-7-11-23)30-27(33)21-32-16-18-36-19-17-32/h4-13,22,25-26H,14-21H2,1-3H3,(H,30,33)/t25-,26-/m0/s1. The number of likely N-dealkylation sites (N-methyl/N-ethyl adjacent to an activating group) is 1. The van der Waals surface area contributed by atoms with E-state index in [0.717, 1.165) is 5.56 Å². The van der Waals surface area contributed by atoms with Crippen LogP contribution in [0.2, 0.25) is 0 Å². The summed E-state index contributed by atoms with van der Waals surface area (Å²) in [6.07, 6.45) is 1.64. The number of morpholine rings is 1. The molecule has 0 spiro atoms. The van der Waals surface area contributed by atoms with E-state index in [1.165, 1.54) is 0 Å². The summed E-state index contributed by atoms with van der Waals surface area (Å²) >= 11 is 0. The number of benzene rings is 2. The molecule has 36 heavy (non-hydrogen) atoms. The smallest absolute Gasteiger partial charge is 0.245 e. The Hall–Kier alpha value is -3.03. The zero-order valence-corrected chi connectivity index (χ0v) is 21.7. The highest BCUT2D eigenvalue weighted by Crippen LogP contribution is 2.18. The third-order valence-corrected chi connectivity index (χ3v) is 6.54. The van der Waals surface area contributed by atoms with E-state index in [4.69, 9.17) is 4.74 Å². The van der Waals surface area contributed by atoms with Crippen molar-refractivity contribution in [2.45, 2.75) is 45.2 Å². The van der Waals surface area contributed by atoms with Crippen LogP contribution in [0.1, 0.15) is 42.6 Å². The molecule has 2 aromatic carbocycles. The maximum Gasteiger partial charge on any atom is 0.245 e. The van der Waals surface area contributed by atoms with Gasteiger partial charge in [0.1, 0.15) is 6.04 Å². The van der Waals surface area contributed by atoms with Gasteiger partial charge in [0.05, 0.1) is 25.8 Å². The fourth-order valence-corrected chi connectivity index (χ4v) is 4.50. The minimum Gasteiger partial charge on any atom is -0.379 e. The molecule has 1 saturated heterocycles. The second-order valence-corrected chi connectivity index (χ2v) is 9.86. The SMILES string of the molecule is CC(C)C[C@@H](C(=O)c1ccccc1)N(C)C(=O)[C@H](CCc1ccccc1)NC(=O)CN1CCOCC1. The number of rotatable bonds is 12. The number of ether oxygens (including phenoxy) is 1. The third-order valence-electron chi connectivity index (χ3n) is 6.54. The molecule has 1 N–H and O–H groups in total. The van der Waals surface area contributed by atoms with Crippen molar-refractivity contribution < 1.29 is 19.1 Å². The normalized spacial score (nSPS) is 15.8. The van der Waals surface area contributed by atoms with E-state index in [-0.39, 0.29) is 30.1 Å². The van der Waals surface area contributed by atoms with Crippen LogP contribution in [0.4, 0.5) is 0 Å². The van der Waals surface area contributed by atoms with Crippen LogP contribution in [0.15, 0.2) is 60.7 Å². The lowest BCUT2D eigenvalue weighted by atomic mass is 9.94. The lowest BCUT2D eigenvalue weighted by molar-refractivity contribution is -0.137. The summed E-state index contributed by atoms with van der Waals surface area (Å²) in [6, 6.07) is 17.7. The van der Waals surface area contributed by atoms with Crippen LogP contribution in [0, 0.1) is 5.92 Å². The van der Waals surface area contributed by atoms with Gasteiger partial charge in [-0.1, -0.05) is 74.5 Å². The summed E-state index contributed by atoms with van der Waals surface area (Å²) in [5, 5.41) is 2.98. The number of Topliss-reactive ketones (excluding diaryl/α,β-unsaturated/α-hetero) is 1.